The van der Waals surface area contributed by atoms with E-state index in [1.165, 1.54) is 26.6 Å². The summed E-state index contributed by atoms with van der Waals surface area (Å²) in [6.07, 6.45) is 7.79. The summed E-state index contributed by atoms with van der Waals surface area (Å²) < 4.78 is 46.6. The molecule has 2 aliphatic carbocycles. The van der Waals surface area contributed by atoms with E-state index in [2.05, 4.69) is 15.6 Å². The number of benzene rings is 1. The van der Waals surface area contributed by atoms with Gasteiger partial charge in [-0.05, 0) is 94.9 Å². The number of likely N-dealkylation sites (tertiary alicyclic amines) is 1. The number of ether oxygens (including phenoxy) is 1. The summed E-state index contributed by atoms with van der Waals surface area (Å²) in [5.74, 6) is -1.15. The lowest BCUT2D eigenvalue weighted by Crippen LogP contribution is -2.50. The summed E-state index contributed by atoms with van der Waals surface area (Å²) in [6.45, 7) is 5.03. The van der Waals surface area contributed by atoms with Crippen molar-refractivity contribution < 1.29 is 36.7 Å². The molecule has 0 radical (unpaired) electrons. The van der Waals surface area contributed by atoms with Crippen LogP contribution in [0.3, 0.4) is 0 Å². The summed E-state index contributed by atoms with van der Waals surface area (Å²) in [6, 6.07) is 5.33. The number of hydrogen-bond acceptors (Lipinski definition) is 7. The minimum Gasteiger partial charge on any atom is -0.444 e. The molecule has 0 bridgehead atoms. The molecular weight excluding hydrogens is 679 g/mol. The number of anilines is 1. The van der Waals surface area contributed by atoms with E-state index in [0.29, 0.717) is 54.7 Å². The van der Waals surface area contributed by atoms with Crippen molar-refractivity contribution in [3.8, 4) is 0 Å². The van der Waals surface area contributed by atoms with Crippen molar-refractivity contribution in [2.75, 3.05) is 32.6 Å². The van der Waals surface area contributed by atoms with Gasteiger partial charge in [0.05, 0.1) is 6.04 Å². The average Bonchev–Trinajstić information content (AvgIpc) is 3.71. The highest BCUT2D eigenvalue weighted by Gasteiger charge is 2.47. The van der Waals surface area contributed by atoms with Crippen LogP contribution in [0.5, 0.6) is 0 Å². The Kier molecular flexibility index (Phi) is 12.0. The fraction of sp³-hybridized carbons (Fsp3) is 0.667. The van der Waals surface area contributed by atoms with Crippen LogP contribution in [-0.2, 0) is 24.5 Å². The monoisotopic (exact) mass is 732 g/mol. The van der Waals surface area contributed by atoms with Crippen LogP contribution < -0.4 is 15.4 Å². The summed E-state index contributed by atoms with van der Waals surface area (Å²) >= 11 is 0. The number of hydrogen-bond donors (Lipinski definition) is 4. The maximum atomic E-state index is 14.2. The first kappa shape index (κ1) is 38.5. The standard InChI is InChI=1S/C36H53FN6O7S/c1-36(2,3)50-35(47)40-30(21-37)23-11-13-24(14-12-23)34(46)43-18-17-27(22-9-7-6-8-10-22)31(43)33(45)38-26-15-16-28-25(19-26)20-29(39-28)32(44)41-51(48,49)42(4)5/h15-16,19-20,22-24,27,30-31,39H,6-14,17-18,21H2,1-5H3,(H,38,45)(H,40,47)(H,41,44)/t23?,24?,27-,30+,31-/m0/s1. The number of carbonyl (C=O) groups excluding carboxylic acids is 4. The maximum absolute atomic E-state index is 14.2. The molecule has 0 spiro atoms. The molecule has 3 aliphatic rings. The highest BCUT2D eigenvalue weighted by Crippen LogP contribution is 2.41. The van der Waals surface area contributed by atoms with Gasteiger partial charge in [-0.3, -0.25) is 14.4 Å². The van der Waals surface area contributed by atoms with Crippen LogP contribution in [0.1, 0.15) is 95.5 Å². The highest BCUT2D eigenvalue weighted by molar-refractivity contribution is 7.87. The van der Waals surface area contributed by atoms with Crippen LogP contribution in [0, 0.1) is 23.7 Å². The van der Waals surface area contributed by atoms with Crippen LogP contribution >= 0.6 is 0 Å². The summed E-state index contributed by atoms with van der Waals surface area (Å²) in [5.41, 5.74) is 0.441. The molecule has 2 saturated carbocycles. The molecule has 282 valence electrons. The number of aromatic amines is 1. The lowest BCUT2D eigenvalue weighted by atomic mass is 9.76. The number of aromatic nitrogens is 1. The summed E-state index contributed by atoms with van der Waals surface area (Å²) in [4.78, 5) is 58.0. The molecule has 2 heterocycles. The van der Waals surface area contributed by atoms with Crippen molar-refractivity contribution in [2.45, 2.75) is 103 Å². The van der Waals surface area contributed by atoms with E-state index in [-0.39, 0.29) is 35.3 Å². The van der Waals surface area contributed by atoms with E-state index >= 15 is 0 Å². The Morgan fingerprint density at radius 3 is 2.31 bits per heavy atom. The third kappa shape index (κ3) is 9.39. The Morgan fingerprint density at radius 2 is 1.69 bits per heavy atom. The van der Waals surface area contributed by atoms with E-state index in [1.807, 2.05) is 4.72 Å². The molecule has 0 unspecified atom stereocenters. The second-order valence-corrected chi connectivity index (χ2v) is 17.4. The molecule has 3 atom stereocenters. The number of nitrogens with one attached hydrogen (secondary N) is 4. The SMILES string of the molecule is CN(C)S(=O)(=O)NC(=O)c1cc2cc(NC(=O)[C@@H]3[C@H](C4CCCCC4)CCN3C(=O)C3CCC([C@@H](CF)NC(=O)OC(C)(C)C)CC3)ccc2[nH]1. The molecule has 3 fully saturated rings. The molecule has 1 saturated heterocycles. The zero-order valence-corrected chi connectivity index (χ0v) is 31.1. The Hall–Kier alpha value is -3.72. The zero-order valence-electron chi connectivity index (χ0n) is 30.3. The Bertz CT molecular complexity index is 1690. The Labute approximate surface area is 300 Å². The third-order valence-electron chi connectivity index (χ3n) is 10.6. The van der Waals surface area contributed by atoms with Crippen molar-refractivity contribution in [1.82, 2.24) is 24.2 Å². The normalized spacial score (nSPS) is 23.9. The van der Waals surface area contributed by atoms with Crippen molar-refractivity contribution in [1.29, 1.82) is 0 Å². The van der Waals surface area contributed by atoms with Gasteiger partial charge in [-0.15, -0.1) is 0 Å². The number of alkyl carbamates (subject to hydrolysis) is 1. The topological polar surface area (TPSA) is 170 Å². The van der Waals surface area contributed by atoms with E-state index in [9.17, 15) is 32.0 Å². The second-order valence-electron chi connectivity index (χ2n) is 15.5. The van der Waals surface area contributed by atoms with Gasteiger partial charge in [0, 0.05) is 43.1 Å². The molecular formula is C36H53FN6O7S. The van der Waals surface area contributed by atoms with Gasteiger partial charge in [0.15, 0.2) is 0 Å². The fourth-order valence-electron chi connectivity index (χ4n) is 8.01. The number of nitrogens with zero attached hydrogens (tertiary/aromatic N) is 2. The number of fused-ring (bicyclic) bond motifs is 1. The number of alkyl halides is 1. The molecule has 1 aliphatic heterocycles. The number of carbonyl (C=O) groups is 4. The molecule has 13 nitrogen and oxygen atoms in total. The predicted molar refractivity (Wildman–Crippen MR) is 192 cm³/mol. The van der Waals surface area contributed by atoms with Gasteiger partial charge in [0.25, 0.3) is 5.91 Å². The second kappa shape index (κ2) is 15.9. The van der Waals surface area contributed by atoms with Crippen LogP contribution in [0.15, 0.2) is 24.3 Å². The molecule has 5 rings (SSSR count). The quantitative estimate of drug-likeness (QED) is 0.263. The van der Waals surface area contributed by atoms with Crippen molar-refractivity contribution in [2.24, 2.45) is 23.7 Å². The molecule has 4 amide bonds. The zero-order chi connectivity index (χ0) is 37.1. The van der Waals surface area contributed by atoms with Gasteiger partial charge in [-0.1, -0.05) is 32.1 Å². The smallest absolute Gasteiger partial charge is 0.407 e. The van der Waals surface area contributed by atoms with Crippen molar-refractivity contribution >= 4 is 50.6 Å². The van der Waals surface area contributed by atoms with Gasteiger partial charge in [0.2, 0.25) is 11.8 Å². The first-order chi connectivity index (χ1) is 24.1. The minimum atomic E-state index is -3.98. The van der Waals surface area contributed by atoms with Gasteiger partial charge in [-0.25, -0.2) is 13.9 Å². The molecule has 15 heteroatoms. The molecule has 51 heavy (non-hydrogen) atoms. The first-order valence-corrected chi connectivity index (χ1v) is 19.5. The molecule has 4 N–H and O–H groups in total. The van der Waals surface area contributed by atoms with E-state index < -0.39 is 46.6 Å². The fourth-order valence-corrected chi connectivity index (χ4v) is 8.54. The molecule has 1 aromatic carbocycles. The van der Waals surface area contributed by atoms with Gasteiger partial charge < -0.3 is 25.3 Å². The number of H-pyrrole nitrogens is 1. The van der Waals surface area contributed by atoms with E-state index in [0.717, 1.165) is 36.4 Å². The van der Waals surface area contributed by atoms with Crippen molar-refractivity contribution in [3.05, 3.63) is 30.0 Å². The van der Waals surface area contributed by atoms with Gasteiger partial charge >= 0.3 is 16.3 Å². The number of amides is 4. The summed E-state index contributed by atoms with van der Waals surface area (Å²) in [7, 11) is -1.35. The Morgan fingerprint density at radius 1 is 1.00 bits per heavy atom. The van der Waals surface area contributed by atoms with Gasteiger partial charge in [0.1, 0.15) is 24.0 Å². The third-order valence-corrected chi connectivity index (χ3v) is 12.1. The Balaban J connectivity index is 1.28. The number of halogens is 1. The van der Waals surface area contributed by atoms with E-state index in [1.54, 1.807) is 43.9 Å². The number of rotatable bonds is 10. The van der Waals surface area contributed by atoms with Crippen LogP contribution in [0.25, 0.3) is 10.9 Å². The van der Waals surface area contributed by atoms with Crippen LogP contribution in [0.4, 0.5) is 14.9 Å². The van der Waals surface area contributed by atoms with Gasteiger partial charge in [-0.2, -0.15) is 12.7 Å². The van der Waals surface area contributed by atoms with Crippen LogP contribution in [-0.4, -0.2) is 91.4 Å². The molecule has 1 aromatic heterocycles. The summed E-state index contributed by atoms with van der Waals surface area (Å²) in [5, 5.41) is 6.33. The lowest BCUT2D eigenvalue weighted by Gasteiger charge is -2.37. The maximum Gasteiger partial charge on any atom is 0.407 e. The molecule has 2 aromatic rings. The largest absolute Gasteiger partial charge is 0.444 e. The van der Waals surface area contributed by atoms with Crippen LogP contribution in [0.2, 0.25) is 0 Å². The first-order valence-electron chi connectivity index (χ1n) is 18.1. The van der Waals surface area contributed by atoms with E-state index in [4.69, 9.17) is 4.74 Å². The predicted octanol–water partition coefficient (Wildman–Crippen LogP) is 5.11. The van der Waals surface area contributed by atoms with Crippen molar-refractivity contribution in [3.63, 3.8) is 0 Å². The average molecular weight is 733 g/mol. The minimum absolute atomic E-state index is 0.0319. The lowest BCUT2D eigenvalue weighted by molar-refractivity contribution is -0.142. The highest BCUT2D eigenvalue weighted by atomic mass is 32.2.